The molecule has 1 aliphatic rings. The molecule has 0 radical (unpaired) electrons. The Balaban J connectivity index is 0.885. The lowest BCUT2D eigenvalue weighted by molar-refractivity contribution is 0.203. The van der Waals surface area contributed by atoms with E-state index in [0.29, 0.717) is 0 Å². The Hall–Kier alpha value is -6.54. The van der Waals surface area contributed by atoms with Crippen molar-refractivity contribution in [3.05, 3.63) is 199 Å². The molecule has 2 unspecified atom stereocenters. The predicted octanol–water partition coefficient (Wildman–Crippen LogP) is 12.9. The second-order valence-electron chi connectivity index (χ2n) is 15.1. The molecule has 12 rings (SSSR count). The van der Waals surface area contributed by atoms with E-state index in [-0.39, 0.29) is 18.5 Å². The van der Waals surface area contributed by atoms with E-state index in [2.05, 4.69) is 203 Å². The van der Waals surface area contributed by atoms with Crippen molar-refractivity contribution in [2.24, 2.45) is 0 Å². The van der Waals surface area contributed by atoms with Crippen molar-refractivity contribution in [3.63, 3.8) is 0 Å². The fourth-order valence-electron chi connectivity index (χ4n) is 8.95. The first kappa shape index (κ1) is 32.7. The number of nitrogens with one attached hydrogen (secondary N) is 3. The summed E-state index contributed by atoms with van der Waals surface area (Å²) in [6.45, 7) is 0. The van der Waals surface area contributed by atoms with Crippen LogP contribution in [0.1, 0.15) is 35.2 Å². The van der Waals surface area contributed by atoms with Crippen molar-refractivity contribution in [1.82, 2.24) is 20.5 Å². The summed E-state index contributed by atoms with van der Waals surface area (Å²) in [6, 6.07) is 65.5. The second kappa shape index (κ2) is 13.0. The van der Waals surface area contributed by atoms with Gasteiger partial charge in [0, 0.05) is 53.5 Å². The van der Waals surface area contributed by atoms with Crippen LogP contribution >= 0.6 is 11.3 Å². The first-order valence-corrected chi connectivity index (χ1v) is 20.3. The fourth-order valence-corrected chi connectivity index (χ4v) is 10.1. The Morgan fingerprint density at radius 1 is 0.386 bits per heavy atom. The zero-order valence-corrected chi connectivity index (χ0v) is 31.6. The smallest absolute Gasteiger partial charge is 0.137 e. The first-order chi connectivity index (χ1) is 28.2. The molecule has 0 bridgehead atoms. The summed E-state index contributed by atoms with van der Waals surface area (Å²) in [5.74, 6) is 0. The van der Waals surface area contributed by atoms with E-state index >= 15 is 0 Å². The molecule has 3 N–H and O–H groups in total. The molecule has 1 fully saturated rings. The highest BCUT2D eigenvalue weighted by Crippen LogP contribution is 2.40. The average Bonchev–Trinajstić information content (AvgIpc) is 3.95. The number of furan rings is 1. The fraction of sp³-hybridized carbons (Fsp3) is 0.0588. The summed E-state index contributed by atoms with van der Waals surface area (Å²) < 4.78 is 11.5. The lowest BCUT2D eigenvalue weighted by Gasteiger charge is -2.39. The number of rotatable bonds is 5. The number of hydrogen-bond acceptors (Lipinski definition) is 5. The van der Waals surface area contributed by atoms with Gasteiger partial charge < -0.3 is 8.98 Å². The largest absolute Gasteiger partial charge is 0.456 e. The van der Waals surface area contributed by atoms with Crippen molar-refractivity contribution in [2.45, 2.75) is 18.5 Å². The van der Waals surface area contributed by atoms with Gasteiger partial charge >= 0.3 is 0 Å². The highest BCUT2D eigenvalue weighted by atomic mass is 32.1. The van der Waals surface area contributed by atoms with E-state index in [4.69, 9.17) is 4.42 Å². The molecule has 2 atom stereocenters. The van der Waals surface area contributed by atoms with Gasteiger partial charge in [-0.2, -0.15) is 0 Å². The quantitative estimate of drug-likeness (QED) is 0.164. The van der Waals surface area contributed by atoms with Crippen LogP contribution in [0.3, 0.4) is 0 Å². The van der Waals surface area contributed by atoms with Gasteiger partial charge in [-0.3, -0.25) is 16.0 Å². The maximum absolute atomic E-state index is 6.63. The molecular formula is C51H36N4OS. The minimum Gasteiger partial charge on any atom is -0.456 e. The first-order valence-electron chi connectivity index (χ1n) is 19.5. The van der Waals surface area contributed by atoms with E-state index in [1.165, 1.54) is 64.2 Å². The topological polar surface area (TPSA) is 54.2 Å². The molecule has 272 valence electrons. The molecule has 57 heavy (non-hydrogen) atoms. The number of para-hydroxylation sites is 2. The van der Waals surface area contributed by atoms with Crippen LogP contribution in [0.15, 0.2) is 186 Å². The summed E-state index contributed by atoms with van der Waals surface area (Å²) in [5.41, 5.74) is 11.2. The summed E-state index contributed by atoms with van der Waals surface area (Å²) in [6.07, 6.45) is -0.0514. The number of nitrogens with zero attached hydrogens (tertiary/aromatic N) is 1. The van der Waals surface area contributed by atoms with Crippen molar-refractivity contribution in [1.29, 1.82) is 0 Å². The monoisotopic (exact) mass is 752 g/mol. The molecule has 1 aliphatic heterocycles. The molecular weight excluding hydrogens is 717 g/mol. The minimum atomic E-state index is -0.0413. The SMILES string of the molecule is c1ccc(C2NC(c3ccccc3)NC(c3ccc4c(c3)sc3ccc(-c5ccc6c(c5)oc5cc(-n7c8ccccc8c8ccccc87)ccc56)cc34)N2)cc1. The standard InChI is InChI=1S/C51H36N4OS/c1-3-11-31(12-4-1)49-52-50(32-13-5-2-6-14-32)54-51(53-49)35-20-24-41-42-27-33(21-26-47(42)57-48(41)29-35)34-19-23-39-40-25-22-36(30-46(40)56-45(39)28-34)55-43-17-9-7-15-37(43)38-16-8-10-18-44(38)55/h1-30,49-54H. The van der Waals surface area contributed by atoms with Crippen LogP contribution in [0, 0.1) is 0 Å². The van der Waals surface area contributed by atoms with Crippen LogP contribution in [0.4, 0.5) is 0 Å². The van der Waals surface area contributed by atoms with Crippen LogP contribution in [0.5, 0.6) is 0 Å². The van der Waals surface area contributed by atoms with Crippen LogP contribution in [0.2, 0.25) is 0 Å². The Kier molecular flexibility index (Phi) is 7.46. The number of thiophene rings is 1. The zero-order chi connectivity index (χ0) is 37.5. The van der Waals surface area contributed by atoms with Crippen LogP contribution in [-0.4, -0.2) is 4.57 Å². The van der Waals surface area contributed by atoms with Gasteiger partial charge in [-0.25, -0.2) is 0 Å². The van der Waals surface area contributed by atoms with Gasteiger partial charge in [0.2, 0.25) is 0 Å². The van der Waals surface area contributed by atoms with Gasteiger partial charge in [-0.15, -0.1) is 11.3 Å². The van der Waals surface area contributed by atoms with Crippen molar-refractivity contribution < 1.29 is 4.42 Å². The van der Waals surface area contributed by atoms with E-state index in [9.17, 15) is 0 Å². The molecule has 0 spiro atoms. The lowest BCUT2D eigenvalue weighted by atomic mass is 10.0. The number of fused-ring (bicyclic) bond motifs is 9. The van der Waals surface area contributed by atoms with Gasteiger partial charge in [-0.1, -0.05) is 121 Å². The molecule has 5 nitrogen and oxygen atoms in total. The maximum atomic E-state index is 6.63. The molecule has 4 heterocycles. The Morgan fingerprint density at radius 2 is 0.930 bits per heavy atom. The second-order valence-corrected chi connectivity index (χ2v) is 16.1. The number of hydrogen-bond donors (Lipinski definition) is 3. The summed E-state index contributed by atoms with van der Waals surface area (Å²) >= 11 is 1.85. The van der Waals surface area contributed by atoms with Gasteiger partial charge in [0.15, 0.2) is 0 Å². The van der Waals surface area contributed by atoms with Gasteiger partial charge in [0.1, 0.15) is 11.2 Å². The van der Waals surface area contributed by atoms with E-state index in [1.807, 2.05) is 11.3 Å². The minimum absolute atomic E-state index is 0.00506. The number of benzene rings is 8. The Labute approximate surface area is 332 Å². The van der Waals surface area contributed by atoms with Gasteiger partial charge in [-0.05, 0) is 82.4 Å². The van der Waals surface area contributed by atoms with E-state index in [1.54, 1.807) is 0 Å². The van der Waals surface area contributed by atoms with Gasteiger partial charge in [0.05, 0.1) is 29.5 Å². The molecule has 6 heteroatoms. The average molecular weight is 753 g/mol. The molecule has 0 amide bonds. The van der Waals surface area contributed by atoms with Crippen molar-refractivity contribution >= 4 is 75.3 Å². The zero-order valence-electron chi connectivity index (χ0n) is 30.8. The highest BCUT2D eigenvalue weighted by molar-refractivity contribution is 7.25. The summed E-state index contributed by atoms with van der Waals surface area (Å²) in [5, 5.41) is 18.8. The summed E-state index contributed by atoms with van der Waals surface area (Å²) in [7, 11) is 0. The lowest BCUT2D eigenvalue weighted by Crippen LogP contribution is -2.54. The van der Waals surface area contributed by atoms with E-state index in [0.717, 1.165) is 33.2 Å². The molecule has 11 aromatic rings. The third-order valence-electron chi connectivity index (χ3n) is 11.7. The Morgan fingerprint density at radius 3 is 1.61 bits per heavy atom. The normalized spacial score (nSPS) is 17.4. The van der Waals surface area contributed by atoms with Crippen LogP contribution in [-0.2, 0) is 0 Å². The van der Waals surface area contributed by atoms with E-state index < -0.39 is 0 Å². The predicted molar refractivity (Wildman–Crippen MR) is 237 cm³/mol. The third kappa shape index (κ3) is 5.41. The maximum Gasteiger partial charge on any atom is 0.137 e. The highest BCUT2D eigenvalue weighted by Gasteiger charge is 2.30. The number of aromatic nitrogens is 1. The third-order valence-corrected chi connectivity index (χ3v) is 12.9. The molecule has 0 saturated carbocycles. The molecule has 1 saturated heterocycles. The summed E-state index contributed by atoms with van der Waals surface area (Å²) in [4.78, 5) is 0. The molecule has 3 aromatic heterocycles. The molecule has 8 aromatic carbocycles. The van der Waals surface area contributed by atoms with Gasteiger partial charge in [0.25, 0.3) is 0 Å². The van der Waals surface area contributed by atoms with Crippen molar-refractivity contribution in [2.75, 3.05) is 0 Å². The Bertz CT molecular complexity index is 3210. The van der Waals surface area contributed by atoms with Crippen LogP contribution in [0.25, 0.3) is 80.7 Å². The molecule has 0 aliphatic carbocycles. The van der Waals surface area contributed by atoms with Crippen molar-refractivity contribution in [3.8, 4) is 16.8 Å². The van der Waals surface area contributed by atoms with Crippen LogP contribution < -0.4 is 16.0 Å².